The van der Waals surface area contributed by atoms with Gasteiger partial charge in [-0.15, -0.1) is 0 Å². The summed E-state index contributed by atoms with van der Waals surface area (Å²) in [6.45, 7) is 9.70. The SMILES string of the molecule is Cc1cc([C@@H](C)N[S@](=O)C(C)(C)C)c2nc(C34CCC(C(=O)O)(CC3)CO4)n(C)c(=O)c2c1. The fourth-order valence-corrected chi connectivity index (χ4v) is 5.75. The molecular formula is C24H33N3O5S. The summed E-state index contributed by atoms with van der Waals surface area (Å²) in [5.41, 5.74) is 0.535. The number of nitrogens with zero attached hydrogens (tertiary/aromatic N) is 2. The Hall–Kier alpha value is -2.10. The Kier molecular flexibility index (Phi) is 5.82. The average Bonchev–Trinajstić information content (AvgIpc) is 2.76. The maximum atomic E-state index is 13.4. The molecule has 0 unspecified atom stereocenters. The van der Waals surface area contributed by atoms with E-state index in [9.17, 15) is 18.9 Å². The summed E-state index contributed by atoms with van der Waals surface area (Å²) >= 11 is 0. The summed E-state index contributed by atoms with van der Waals surface area (Å²) in [5, 5.41) is 10.2. The zero-order chi connectivity index (χ0) is 24.3. The van der Waals surface area contributed by atoms with Gasteiger partial charge in [-0.05, 0) is 77.5 Å². The van der Waals surface area contributed by atoms with E-state index < -0.39 is 32.7 Å². The maximum absolute atomic E-state index is 13.4. The summed E-state index contributed by atoms with van der Waals surface area (Å²) in [4.78, 5) is 30.2. The Morgan fingerprint density at radius 2 is 1.91 bits per heavy atom. The van der Waals surface area contributed by atoms with Gasteiger partial charge >= 0.3 is 5.97 Å². The predicted molar refractivity (Wildman–Crippen MR) is 127 cm³/mol. The van der Waals surface area contributed by atoms with Gasteiger partial charge in [-0.1, -0.05) is 6.07 Å². The van der Waals surface area contributed by atoms with Gasteiger partial charge in [0.2, 0.25) is 0 Å². The molecule has 180 valence electrons. The first-order valence-corrected chi connectivity index (χ1v) is 12.5. The van der Waals surface area contributed by atoms with E-state index in [1.807, 2.05) is 46.8 Å². The van der Waals surface area contributed by atoms with Crippen LogP contribution >= 0.6 is 0 Å². The summed E-state index contributed by atoms with van der Waals surface area (Å²) in [5.74, 6) is -0.284. The van der Waals surface area contributed by atoms with Crippen LogP contribution < -0.4 is 10.3 Å². The van der Waals surface area contributed by atoms with Crippen molar-refractivity contribution in [3.8, 4) is 0 Å². The third-order valence-electron chi connectivity index (χ3n) is 7.16. The minimum atomic E-state index is -1.29. The molecule has 1 aliphatic carbocycles. The molecule has 1 aromatic heterocycles. The number of ether oxygens (including phenoxy) is 1. The number of aliphatic carboxylic acids is 1. The van der Waals surface area contributed by atoms with Crippen LogP contribution in [-0.2, 0) is 33.2 Å². The minimum Gasteiger partial charge on any atom is -0.481 e. The molecule has 0 amide bonds. The highest BCUT2D eigenvalue weighted by Crippen LogP contribution is 2.53. The molecule has 1 saturated carbocycles. The van der Waals surface area contributed by atoms with Crippen LogP contribution in [0.1, 0.15) is 76.4 Å². The number of fused-ring (bicyclic) bond motifs is 4. The molecule has 5 rings (SSSR count). The van der Waals surface area contributed by atoms with Crippen LogP contribution in [0.25, 0.3) is 10.9 Å². The van der Waals surface area contributed by atoms with Crippen LogP contribution in [-0.4, -0.2) is 36.2 Å². The van der Waals surface area contributed by atoms with Crippen LogP contribution in [0, 0.1) is 12.3 Å². The molecule has 2 N–H and O–H groups in total. The molecule has 33 heavy (non-hydrogen) atoms. The molecule has 8 nitrogen and oxygen atoms in total. The van der Waals surface area contributed by atoms with E-state index in [0.29, 0.717) is 42.4 Å². The number of aryl methyl sites for hydroxylation is 1. The lowest BCUT2D eigenvalue weighted by atomic mass is 9.65. The predicted octanol–water partition coefficient (Wildman–Crippen LogP) is 3.23. The molecule has 0 radical (unpaired) electrons. The minimum absolute atomic E-state index is 0.125. The van der Waals surface area contributed by atoms with E-state index in [-0.39, 0.29) is 18.2 Å². The topological polar surface area (TPSA) is 111 Å². The van der Waals surface area contributed by atoms with Crippen molar-refractivity contribution >= 4 is 27.9 Å². The quantitative estimate of drug-likeness (QED) is 0.687. The van der Waals surface area contributed by atoms with Gasteiger partial charge in [-0.2, -0.15) is 0 Å². The van der Waals surface area contributed by atoms with Crippen molar-refractivity contribution in [2.45, 2.75) is 76.7 Å². The molecule has 2 atom stereocenters. The summed E-state index contributed by atoms with van der Waals surface area (Å²) in [6, 6.07) is 3.52. The monoisotopic (exact) mass is 475 g/mol. The van der Waals surface area contributed by atoms with Gasteiger partial charge in [0.05, 0.1) is 38.7 Å². The average molecular weight is 476 g/mol. The zero-order valence-corrected chi connectivity index (χ0v) is 21.0. The van der Waals surface area contributed by atoms with E-state index >= 15 is 0 Å². The van der Waals surface area contributed by atoms with Crippen molar-refractivity contribution in [3.05, 3.63) is 39.4 Å². The highest BCUT2D eigenvalue weighted by molar-refractivity contribution is 7.84. The smallest absolute Gasteiger partial charge is 0.311 e. The lowest BCUT2D eigenvalue weighted by molar-refractivity contribution is -0.208. The second-order valence-corrected chi connectivity index (χ2v) is 12.6. The first kappa shape index (κ1) is 24.0. The summed E-state index contributed by atoms with van der Waals surface area (Å²) in [6.07, 6.45) is 2.02. The van der Waals surface area contributed by atoms with Gasteiger partial charge in [0.1, 0.15) is 11.4 Å². The Morgan fingerprint density at radius 3 is 2.42 bits per heavy atom. The number of aromatic nitrogens is 2. The highest BCUT2D eigenvalue weighted by atomic mass is 32.2. The van der Waals surface area contributed by atoms with Crippen LogP contribution in [0.5, 0.6) is 0 Å². The molecular weight excluding hydrogens is 442 g/mol. The van der Waals surface area contributed by atoms with E-state index in [1.54, 1.807) is 11.6 Å². The molecule has 3 heterocycles. The van der Waals surface area contributed by atoms with Crippen LogP contribution in [0.3, 0.4) is 0 Å². The van der Waals surface area contributed by atoms with Crippen molar-refractivity contribution in [2.24, 2.45) is 12.5 Å². The largest absolute Gasteiger partial charge is 0.481 e. The first-order valence-electron chi connectivity index (χ1n) is 11.4. The van der Waals surface area contributed by atoms with Gasteiger partial charge in [0.15, 0.2) is 0 Å². The molecule has 2 aliphatic heterocycles. The molecule has 2 saturated heterocycles. The van der Waals surface area contributed by atoms with Gasteiger partial charge in [-0.25, -0.2) is 13.9 Å². The molecule has 9 heteroatoms. The fraction of sp³-hybridized carbons (Fsp3) is 0.625. The summed E-state index contributed by atoms with van der Waals surface area (Å²) in [7, 11) is 0.412. The number of hydrogen-bond acceptors (Lipinski definition) is 5. The van der Waals surface area contributed by atoms with Gasteiger partial charge in [-0.3, -0.25) is 14.2 Å². The van der Waals surface area contributed by atoms with E-state index in [1.165, 1.54) is 0 Å². The number of benzene rings is 1. The first-order chi connectivity index (χ1) is 15.3. The van der Waals surface area contributed by atoms with E-state index in [4.69, 9.17) is 9.72 Å². The van der Waals surface area contributed by atoms with Crippen molar-refractivity contribution in [3.63, 3.8) is 0 Å². The molecule has 2 bridgehead atoms. The van der Waals surface area contributed by atoms with Gasteiger partial charge in [0.25, 0.3) is 5.56 Å². The van der Waals surface area contributed by atoms with Crippen molar-refractivity contribution in [1.29, 1.82) is 0 Å². The van der Waals surface area contributed by atoms with Gasteiger partial charge < -0.3 is 9.84 Å². The number of hydrogen-bond donors (Lipinski definition) is 2. The number of rotatable bonds is 5. The number of carboxylic acids is 1. The molecule has 3 aliphatic rings. The number of nitrogens with one attached hydrogen (secondary N) is 1. The lowest BCUT2D eigenvalue weighted by Gasteiger charge is -2.50. The molecule has 1 aromatic carbocycles. The van der Waals surface area contributed by atoms with Crippen molar-refractivity contribution in [1.82, 2.24) is 14.3 Å². The lowest BCUT2D eigenvalue weighted by Crippen LogP contribution is -2.54. The standard InChI is InChI=1S/C24H33N3O5S/c1-14-11-16(15(2)26-33(31)22(3,4)5)18-17(12-14)19(28)27(6)20(25-18)24-9-7-23(8-10-24,13-32-24)21(29)30/h11-12,15,26H,7-10,13H2,1-6H3,(H,29,30)/t15-,23?,24?,33-/m1/s1. The van der Waals surface area contributed by atoms with Crippen LogP contribution in [0.2, 0.25) is 0 Å². The number of carboxylic acid groups (broad SMARTS) is 1. The van der Waals surface area contributed by atoms with Crippen molar-refractivity contribution < 1.29 is 18.8 Å². The molecule has 3 fully saturated rings. The number of carbonyl (C=O) groups is 1. The normalized spacial score (nSPS) is 27.0. The van der Waals surface area contributed by atoms with E-state index in [0.717, 1.165) is 11.1 Å². The molecule has 0 spiro atoms. The van der Waals surface area contributed by atoms with E-state index in [2.05, 4.69) is 4.72 Å². The third-order valence-corrected chi connectivity index (χ3v) is 8.84. The van der Waals surface area contributed by atoms with Crippen LogP contribution in [0.4, 0.5) is 0 Å². The fourth-order valence-electron chi connectivity index (χ4n) is 4.95. The Morgan fingerprint density at radius 1 is 1.27 bits per heavy atom. The summed E-state index contributed by atoms with van der Waals surface area (Å²) < 4.78 is 23.2. The molecule has 2 aromatic rings. The highest BCUT2D eigenvalue weighted by Gasteiger charge is 2.56. The van der Waals surface area contributed by atoms with Gasteiger partial charge in [0, 0.05) is 13.1 Å². The zero-order valence-electron chi connectivity index (χ0n) is 20.2. The van der Waals surface area contributed by atoms with Crippen molar-refractivity contribution in [2.75, 3.05) is 6.61 Å². The Bertz CT molecular complexity index is 1190. The second-order valence-electron chi connectivity index (χ2n) is 10.6. The second kappa shape index (κ2) is 7.99. The maximum Gasteiger partial charge on any atom is 0.311 e. The Labute approximate surface area is 196 Å². The van der Waals surface area contributed by atoms with Crippen LogP contribution in [0.15, 0.2) is 16.9 Å². The third kappa shape index (κ3) is 3.94. The Balaban J connectivity index is 1.83.